The van der Waals surface area contributed by atoms with Gasteiger partial charge in [-0.2, -0.15) is 5.26 Å². The summed E-state index contributed by atoms with van der Waals surface area (Å²) in [7, 11) is 1.63. The largest absolute Gasteiger partial charge is 0.494 e. The number of rotatable bonds is 5. The van der Waals surface area contributed by atoms with Gasteiger partial charge in [0.05, 0.1) is 26.3 Å². The number of methoxy groups -OCH3 is 1. The zero-order valence-corrected chi connectivity index (χ0v) is 16.3. The number of fused-ring (bicyclic) bond motifs is 1. The lowest BCUT2D eigenvalue weighted by molar-refractivity contribution is -0.132. The molecule has 2 fully saturated rings. The van der Waals surface area contributed by atoms with E-state index >= 15 is 0 Å². The maximum Gasteiger partial charge on any atom is 0.237 e. The van der Waals surface area contributed by atoms with E-state index in [2.05, 4.69) is 15.2 Å². The van der Waals surface area contributed by atoms with Crippen LogP contribution >= 0.6 is 0 Å². The fourth-order valence-electron chi connectivity index (χ4n) is 4.22. The zero-order valence-electron chi connectivity index (χ0n) is 16.3. The van der Waals surface area contributed by atoms with Gasteiger partial charge in [-0.1, -0.05) is 0 Å². The van der Waals surface area contributed by atoms with Crippen LogP contribution in [0.3, 0.4) is 0 Å². The molecule has 3 atom stereocenters. The van der Waals surface area contributed by atoms with Gasteiger partial charge in [-0.3, -0.25) is 14.7 Å². The Morgan fingerprint density at radius 2 is 2.28 bits per heavy atom. The summed E-state index contributed by atoms with van der Waals surface area (Å²) in [5, 5.41) is 13.7. The van der Waals surface area contributed by atoms with Gasteiger partial charge in [0.1, 0.15) is 23.5 Å². The summed E-state index contributed by atoms with van der Waals surface area (Å²) < 4.78 is 19.0. The first-order chi connectivity index (χ1) is 14.1. The summed E-state index contributed by atoms with van der Waals surface area (Å²) in [5.41, 5.74) is 1.79. The van der Waals surface area contributed by atoms with Gasteiger partial charge in [0.2, 0.25) is 5.91 Å². The molecule has 1 aromatic carbocycles. The lowest BCUT2D eigenvalue weighted by atomic mass is 10.1. The topological polar surface area (TPSA) is 81.5 Å². The van der Waals surface area contributed by atoms with E-state index in [0.717, 1.165) is 35.3 Å². The smallest absolute Gasteiger partial charge is 0.237 e. The van der Waals surface area contributed by atoms with Crippen molar-refractivity contribution in [3.05, 3.63) is 30.5 Å². The van der Waals surface area contributed by atoms with Crippen LogP contribution in [-0.2, 0) is 4.79 Å². The standard InChI is InChI=1S/C21H24FN5O2/c1-29-19-5-4-18(17-3-2-7-24-21(17)19)25-15-6-8-26(12-15)13-20(28)27-11-14(22)9-16(27)10-23/h2-5,7,14-16,25H,6,8-9,11-13H2,1H3/t14-,15+,16?/m0/s1. The second kappa shape index (κ2) is 8.21. The minimum atomic E-state index is -1.10. The first kappa shape index (κ1) is 19.4. The molecule has 1 aromatic heterocycles. The number of nitrogens with one attached hydrogen (secondary N) is 1. The van der Waals surface area contributed by atoms with E-state index in [0.29, 0.717) is 6.54 Å². The maximum absolute atomic E-state index is 13.6. The third-order valence-electron chi connectivity index (χ3n) is 5.66. The molecule has 2 aromatic rings. The van der Waals surface area contributed by atoms with Crippen molar-refractivity contribution >= 4 is 22.5 Å². The number of ether oxygens (including phenoxy) is 1. The van der Waals surface area contributed by atoms with Crippen molar-refractivity contribution in [3.8, 4) is 11.8 Å². The van der Waals surface area contributed by atoms with Crippen LogP contribution in [0.5, 0.6) is 5.75 Å². The molecule has 0 spiro atoms. The van der Waals surface area contributed by atoms with Crippen molar-refractivity contribution in [2.75, 3.05) is 38.6 Å². The van der Waals surface area contributed by atoms with Crippen molar-refractivity contribution in [1.29, 1.82) is 5.26 Å². The van der Waals surface area contributed by atoms with E-state index < -0.39 is 12.2 Å². The molecular formula is C21H24FN5O2. The number of aromatic nitrogens is 1. The molecule has 0 bridgehead atoms. The van der Waals surface area contributed by atoms with Crippen molar-refractivity contribution < 1.29 is 13.9 Å². The number of hydrogen-bond acceptors (Lipinski definition) is 6. The number of benzene rings is 1. The van der Waals surface area contributed by atoms with Crippen LogP contribution in [0.4, 0.5) is 10.1 Å². The third kappa shape index (κ3) is 3.96. The Bertz CT molecular complexity index is 946. The van der Waals surface area contributed by atoms with Gasteiger partial charge in [-0.05, 0) is 30.7 Å². The molecule has 2 aliphatic heterocycles. The summed E-state index contributed by atoms with van der Waals surface area (Å²) in [4.78, 5) is 20.4. The highest BCUT2D eigenvalue weighted by Gasteiger charge is 2.36. The van der Waals surface area contributed by atoms with E-state index in [1.807, 2.05) is 30.3 Å². The van der Waals surface area contributed by atoms with Gasteiger partial charge in [0.25, 0.3) is 0 Å². The average molecular weight is 397 g/mol. The highest BCUT2D eigenvalue weighted by atomic mass is 19.1. The predicted octanol–water partition coefficient (Wildman–Crippen LogP) is 2.19. The van der Waals surface area contributed by atoms with Crippen LogP contribution in [0.2, 0.25) is 0 Å². The van der Waals surface area contributed by atoms with E-state index in [-0.39, 0.29) is 31.5 Å². The number of hydrogen-bond donors (Lipinski definition) is 1. The van der Waals surface area contributed by atoms with Crippen molar-refractivity contribution in [2.24, 2.45) is 0 Å². The van der Waals surface area contributed by atoms with Gasteiger partial charge in [0, 0.05) is 42.8 Å². The highest BCUT2D eigenvalue weighted by Crippen LogP contribution is 2.31. The highest BCUT2D eigenvalue weighted by molar-refractivity contribution is 5.95. The summed E-state index contributed by atoms with van der Waals surface area (Å²) in [6.45, 7) is 1.73. The van der Waals surface area contributed by atoms with Crippen LogP contribution in [0.25, 0.3) is 10.9 Å². The molecule has 29 heavy (non-hydrogen) atoms. The van der Waals surface area contributed by atoms with Gasteiger partial charge < -0.3 is 15.0 Å². The number of anilines is 1. The minimum absolute atomic E-state index is 0.0252. The lowest BCUT2D eigenvalue weighted by Crippen LogP contribution is -2.42. The second-order valence-corrected chi connectivity index (χ2v) is 7.60. The maximum atomic E-state index is 13.6. The average Bonchev–Trinajstić information content (AvgIpc) is 3.34. The van der Waals surface area contributed by atoms with Gasteiger partial charge in [-0.25, -0.2) is 4.39 Å². The first-order valence-electron chi connectivity index (χ1n) is 9.83. The number of amides is 1. The quantitative estimate of drug-likeness (QED) is 0.833. The summed E-state index contributed by atoms with van der Waals surface area (Å²) in [5.74, 6) is 0.560. The fourth-order valence-corrected chi connectivity index (χ4v) is 4.22. The number of alkyl halides is 1. The van der Waals surface area contributed by atoms with Crippen molar-refractivity contribution in [1.82, 2.24) is 14.8 Å². The zero-order chi connectivity index (χ0) is 20.4. The number of likely N-dealkylation sites (tertiary alicyclic amines) is 2. The Kier molecular flexibility index (Phi) is 5.49. The number of pyridine rings is 1. The third-order valence-corrected chi connectivity index (χ3v) is 5.66. The molecule has 2 saturated heterocycles. The van der Waals surface area contributed by atoms with Crippen molar-refractivity contribution in [2.45, 2.75) is 31.1 Å². The molecule has 8 heteroatoms. The Morgan fingerprint density at radius 3 is 3.07 bits per heavy atom. The fraction of sp³-hybridized carbons (Fsp3) is 0.476. The molecule has 152 valence electrons. The molecule has 0 aliphatic carbocycles. The van der Waals surface area contributed by atoms with Crippen molar-refractivity contribution in [3.63, 3.8) is 0 Å². The molecule has 7 nitrogen and oxygen atoms in total. The van der Waals surface area contributed by atoms with E-state index in [4.69, 9.17) is 10.00 Å². The van der Waals surface area contributed by atoms with E-state index in [9.17, 15) is 9.18 Å². The SMILES string of the molecule is COc1ccc(N[C@@H]2CCN(CC(=O)N3C[C@@H](F)CC3C#N)C2)c2cccnc12. The normalized spacial score (nSPS) is 24.6. The van der Waals surface area contributed by atoms with Crippen LogP contribution in [-0.4, -0.2) is 72.2 Å². The summed E-state index contributed by atoms with van der Waals surface area (Å²) in [6.07, 6.45) is 1.65. The van der Waals surface area contributed by atoms with Crippen LogP contribution in [0.15, 0.2) is 30.5 Å². The Morgan fingerprint density at radius 1 is 1.41 bits per heavy atom. The van der Waals surface area contributed by atoms with Gasteiger partial charge >= 0.3 is 0 Å². The van der Waals surface area contributed by atoms with Gasteiger partial charge in [0.15, 0.2) is 0 Å². The Balaban J connectivity index is 1.39. The Hall–Kier alpha value is -2.92. The molecule has 1 N–H and O–H groups in total. The molecule has 0 radical (unpaired) electrons. The molecule has 1 amide bonds. The number of carbonyl (C=O) groups excluding carboxylic acids is 1. The second-order valence-electron chi connectivity index (χ2n) is 7.60. The van der Waals surface area contributed by atoms with E-state index in [1.165, 1.54) is 4.90 Å². The van der Waals surface area contributed by atoms with E-state index in [1.54, 1.807) is 13.3 Å². The molecule has 3 heterocycles. The van der Waals surface area contributed by atoms with Gasteiger partial charge in [-0.15, -0.1) is 0 Å². The minimum Gasteiger partial charge on any atom is -0.494 e. The molecule has 1 unspecified atom stereocenters. The molecule has 0 saturated carbocycles. The first-order valence-corrected chi connectivity index (χ1v) is 9.83. The van der Waals surface area contributed by atoms with Crippen LogP contribution in [0, 0.1) is 11.3 Å². The molecule has 2 aliphatic rings. The lowest BCUT2D eigenvalue weighted by Gasteiger charge is -2.23. The predicted molar refractivity (Wildman–Crippen MR) is 107 cm³/mol. The number of carbonyl (C=O) groups is 1. The van der Waals surface area contributed by atoms with Crippen LogP contribution in [0.1, 0.15) is 12.8 Å². The number of nitrogens with zero attached hydrogens (tertiary/aromatic N) is 4. The number of nitriles is 1. The molecular weight excluding hydrogens is 373 g/mol. The Labute approximate surface area is 169 Å². The molecule has 4 rings (SSSR count). The van der Waals surface area contributed by atoms with Crippen LogP contribution < -0.4 is 10.1 Å². The summed E-state index contributed by atoms with van der Waals surface area (Å²) in [6, 6.07) is 9.37. The monoisotopic (exact) mass is 397 g/mol. The number of halogens is 1. The summed E-state index contributed by atoms with van der Waals surface area (Å²) >= 11 is 0.